The van der Waals surface area contributed by atoms with Gasteiger partial charge in [-0.3, -0.25) is 9.69 Å². The van der Waals surface area contributed by atoms with Crippen LogP contribution in [0.4, 0.5) is 18.0 Å². The molecule has 2 heterocycles. The summed E-state index contributed by atoms with van der Waals surface area (Å²) in [4.78, 5) is 21.9. The summed E-state index contributed by atoms with van der Waals surface area (Å²) in [6.45, 7) is 2.48. The van der Waals surface area contributed by atoms with Crippen molar-refractivity contribution >= 4 is 12.0 Å². The Labute approximate surface area is 112 Å². The molecule has 0 aliphatic carbocycles. The molecule has 0 aromatic carbocycles. The fourth-order valence-corrected chi connectivity index (χ4v) is 1.90. The minimum absolute atomic E-state index is 0.0590. The molecule has 2 aliphatic heterocycles. The van der Waals surface area contributed by atoms with Crippen LogP contribution in [0.2, 0.25) is 0 Å². The Morgan fingerprint density at radius 2 is 2.10 bits per heavy atom. The van der Waals surface area contributed by atoms with E-state index in [2.05, 4.69) is 11.1 Å². The van der Waals surface area contributed by atoms with Crippen LogP contribution in [0, 0.1) is 0 Å². The van der Waals surface area contributed by atoms with Gasteiger partial charge in [-0.05, 0) is 13.0 Å². The number of nitrogens with zero attached hydrogens (tertiary/aromatic N) is 1. The number of carbonyl (C=O) groups excluding carboxylic acids is 2. The third-order valence-corrected chi connectivity index (χ3v) is 2.89. The molecular formula is C10H16F3N3O4. The summed E-state index contributed by atoms with van der Waals surface area (Å²) in [5.74, 6) is -2.26. The fraction of sp³-hybridized carbons (Fsp3) is 0.800. The maximum atomic E-state index is 11.2. The van der Waals surface area contributed by atoms with Crippen molar-refractivity contribution in [2.45, 2.75) is 24.7 Å². The Balaban J connectivity index is 0.000000246. The van der Waals surface area contributed by atoms with E-state index in [0.29, 0.717) is 19.7 Å². The zero-order valence-electron chi connectivity index (χ0n) is 10.5. The summed E-state index contributed by atoms with van der Waals surface area (Å²) in [5.41, 5.74) is 3.81. The molecule has 7 nitrogen and oxygen atoms in total. The third kappa shape index (κ3) is 4.53. The van der Waals surface area contributed by atoms with Crippen molar-refractivity contribution in [3.8, 4) is 0 Å². The zero-order valence-corrected chi connectivity index (χ0v) is 10.5. The van der Waals surface area contributed by atoms with E-state index in [1.807, 2.05) is 0 Å². The molecule has 2 amide bonds. The molecular weight excluding hydrogens is 283 g/mol. The van der Waals surface area contributed by atoms with Gasteiger partial charge in [0.2, 0.25) is 0 Å². The molecule has 10 heteroatoms. The molecule has 2 unspecified atom stereocenters. The smallest absolute Gasteiger partial charge is 0.448 e. The number of aliphatic hydroxyl groups is 1. The van der Waals surface area contributed by atoms with Gasteiger partial charge in [0.05, 0.1) is 18.7 Å². The molecule has 0 aromatic rings. The van der Waals surface area contributed by atoms with Crippen LogP contribution in [-0.2, 0) is 9.53 Å². The van der Waals surface area contributed by atoms with Crippen molar-refractivity contribution < 1.29 is 32.6 Å². The van der Waals surface area contributed by atoms with Crippen LogP contribution in [0.1, 0.15) is 6.42 Å². The molecule has 0 radical (unpaired) electrons. The number of carbonyl (C=O) groups is 2. The molecule has 0 saturated carbocycles. The van der Waals surface area contributed by atoms with Gasteiger partial charge < -0.3 is 20.9 Å². The highest BCUT2D eigenvalue weighted by molar-refractivity contribution is 5.79. The number of β-amino-alcohol motifs (C(OH)–C–C–N with tert-alkyl or cyclic N) is 1. The second-order valence-electron chi connectivity index (χ2n) is 4.30. The number of rotatable bonds is 1. The second-order valence-corrected chi connectivity index (χ2v) is 4.30. The molecule has 0 bridgehead atoms. The van der Waals surface area contributed by atoms with Gasteiger partial charge >= 0.3 is 18.2 Å². The average molecular weight is 299 g/mol. The summed E-state index contributed by atoms with van der Waals surface area (Å²) in [5, 5.41) is 12.7. The molecule has 0 spiro atoms. The maximum Gasteiger partial charge on any atom is 0.470 e. The summed E-state index contributed by atoms with van der Waals surface area (Å²) in [6, 6.07) is -0.0590. The van der Waals surface area contributed by atoms with Crippen molar-refractivity contribution in [2.75, 3.05) is 26.2 Å². The van der Waals surface area contributed by atoms with Gasteiger partial charge in [-0.1, -0.05) is 0 Å². The first-order chi connectivity index (χ1) is 9.23. The summed E-state index contributed by atoms with van der Waals surface area (Å²) >= 11 is 0. The number of cyclic esters (lactones) is 1. The standard InChI is InChI=1S/C8H14N2O3.C2H2F3NO/c11-7-5-9-2-1-6(7)10-3-4-13-8(10)12;3-2(4,5)1(6)7/h6-7,9,11H,1-5H2;(H2,6,7). The Morgan fingerprint density at radius 3 is 2.50 bits per heavy atom. The topological polar surface area (TPSA) is 105 Å². The van der Waals surface area contributed by atoms with Crippen molar-refractivity contribution in [2.24, 2.45) is 5.73 Å². The highest BCUT2D eigenvalue weighted by Crippen LogP contribution is 2.16. The molecule has 2 aliphatic rings. The van der Waals surface area contributed by atoms with Gasteiger partial charge in [-0.2, -0.15) is 13.2 Å². The first kappa shape index (κ1) is 16.5. The minimum atomic E-state index is -4.86. The molecule has 20 heavy (non-hydrogen) atoms. The molecule has 2 fully saturated rings. The van der Waals surface area contributed by atoms with Gasteiger partial charge in [-0.15, -0.1) is 0 Å². The van der Waals surface area contributed by atoms with E-state index in [9.17, 15) is 23.1 Å². The quantitative estimate of drug-likeness (QED) is 0.587. The fourth-order valence-electron chi connectivity index (χ4n) is 1.90. The van der Waals surface area contributed by atoms with E-state index in [-0.39, 0.29) is 12.1 Å². The summed E-state index contributed by atoms with van der Waals surface area (Å²) < 4.78 is 36.9. The van der Waals surface area contributed by atoms with E-state index in [1.54, 1.807) is 4.90 Å². The number of hydrogen-bond donors (Lipinski definition) is 3. The van der Waals surface area contributed by atoms with Gasteiger partial charge in [0.25, 0.3) is 0 Å². The lowest BCUT2D eigenvalue weighted by molar-refractivity contribution is -0.169. The minimum Gasteiger partial charge on any atom is -0.448 e. The van der Waals surface area contributed by atoms with Crippen molar-refractivity contribution in [3.63, 3.8) is 0 Å². The number of halogens is 3. The number of ether oxygens (including phenoxy) is 1. The van der Waals surface area contributed by atoms with Crippen molar-refractivity contribution in [3.05, 3.63) is 0 Å². The Kier molecular flexibility index (Phi) is 5.57. The van der Waals surface area contributed by atoms with Crippen LogP contribution >= 0.6 is 0 Å². The van der Waals surface area contributed by atoms with Gasteiger partial charge in [0.1, 0.15) is 6.61 Å². The molecule has 116 valence electrons. The van der Waals surface area contributed by atoms with Crippen LogP contribution in [0.3, 0.4) is 0 Å². The molecule has 4 N–H and O–H groups in total. The zero-order chi connectivity index (χ0) is 15.3. The summed E-state index contributed by atoms with van der Waals surface area (Å²) in [6.07, 6.45) is -4.80. The van der Waals surface area contributed by atoms with Crippen LogP contribution in [0.15, 0.2) is 0 Å². The van der Waals surface area contributed by atoms with Gasteiger partial charge in [0, 0.05) is 6.54 Å². The van der Waals surface area contributed by atoms with Crippen LogP contribution < -0.4 is 11.1 Å². The largest absolute Gasteiger partial charge is 0.470 e. The maximum absolute atomic E-state index is 11.2. The average Bonchev–Trinajstić information content (AvgIpc) is 2.75. The van der Waals surface area contributed by atoms with E-state index in [4.69, 9.17) is 9.53 Å². The van der Waals surface area contributed by atoms with E-state index in [0.717, 1.165) is 13.0 Å². The molecule has 2 saturated heterocycles. The molecule has 2 rings (SSSR count). The number of amides is 2. The lowest BCUT2D eigenvalue weighted by atomic mass is 10.0. The summed E-state index contributed by atoms with van der Waals surface area (Å²) in [7, 11) is 0. The van der Waals surface area contributed by atoms with E-state index >= 15 is 0 Å². The number of primary amides is 1. The lowest BCUT2D eigenvalue weighted by Crippen LogP contribution is -2.53. The Hall–Kier alpha value is -1.55. The number of nitrogens with one attached hydrogen (secondary N) is 1. The lowest BCUT2D eigenvalue weighted by Gasteiger charge is -2.33. The number of hydrogen-bond acceptors (Lipinski definition) is 5. The van der Waals surface area contributed by atoms with Crippen LogP contribution in [0.5, 0.6) is 0 Å². The second kappa shape index (κ2) is 6.75. The number of alkyl halides is 3. The van der Waals surface area contributed by atoms with Crippen molar-refractivity contribution in [1.29, 1.82) is 0 Å². The SMILES string of the molecule is NC(=O)C(F)(F)F.O=C1OCCN1C1CCNCC1O. The van der Waals surface area contributed by atoms with Crippen molar-refractivity contribution in [1.82, 2.24) is 10.2 Å². The molecule has 2 atom stereocenters. The number of nitrogens with two attached hydrogens (primary N) is 1. The van der Waals surface area contributed by atoms with Crippen LogP contribution in [0.25, 0.3) is 0 Å². The van der Waals surface area contributed by atoms with Crippen LogP contribution in [-0.4, -0.2) is 66.6 Å². The number of piperidine rings is 1. The normalized spacial score (nSPS) is 26.6. The molecule has 0 aromatic heterocycles. The highest BCUT2D eigenvalue weighted by Gasteiger charge is 2.36. The van der Waals surface area contributed by atoms with Gasteiger partial charge in [-0.25, -0.2) is 4.79 Å². The monoisotopic (exact) mass is 299 g/mol. The third-order valence-electron chi connectivity index (χ3n) is 2.89. The van der Waals surface area contributed by atoms with Gasteiger partial charge in [0.15, 0.2) is 0 Å². The highest BCUT2D eigenvalue weighted by atomic mass is 19.4. The predicted molar refractivity (Wildman–Crippen MR) is 60.6 cm³/mol. The number of aliphatic hydroxyl groups excluding tert-OH is 1. The Morgan fingerprint density at radius 1 is 1.50 bits per heavy atom. The van der Waals surface area contributed by atoms with E-state index in [1.165, 1.54) is 0 Å². The first-order valence-electron chi connectivity index (χ1n) is 5.92. The van der Waals surface area contributed by atoms with E-state index < -0.39 is 18.2 Å². The first-order valence-corrected chi connectivity index (χ1v) is 5.92. The predicted octanol–water partition coefficient (Wildman–Crippen LogP) is -0.805. The Bertz CT molecular complexity index is 364.